The number of carbonyl (C=O) groups is 2. The number of anilines is 1. The van der Waals surface area contributed by atoms with Crippen LogP contribution < -0.4 is 15.0 Å². The zero-order valence-electron chi connectivity index (χ0n) is 16.6. The van der Waals surface area contributed by atoms with Crippen LogP contribution >= 0.6 is 0 Å². The van der Waals surface area contributed by atoms with Crippen molar-refractivity contribution in [1.82, 2.24) is 15.1 Å². The monoisotopic (exact) mass is 408 g/mol. The summed E-state index contributed by atoms with van der Waals surface area (Å²) in [5.41, 5.74) is 2.36. The molecule has 30 heavy (non-hydrogen) atoms. The van der Waals surface area contributed by atoms with Crippen LogP contribution in [0.4, 0.5) is 10.1 Å². The molecule has 154 valence electrons. The lowest BCUT2D eigenvalue weighted by Gasteiger charge is -2.19. The van der Waals surface area contributed by atoms with Crippen LogP contribution in [0.15, 0.2) is 54.6 Å². The first kappa shape index (κ1) is 19.6. The highest BCUT2D eigenvalue weighted by molar-refractivity contribution is 5.99. The number of amides is 2. The van der Waals surface area contributed by atoms with Gasteiger partial charge in [0.25, 0.3) is 5.91 Å². The van der Waals surface area contributed by atoms with Gasteiger partial charge in [-0.3, -0.25) is 14.3 Å². The number of aromatic nitrogens is 2. The van der Waals surface area contributed by atoms with Crippen molar-refractivity contribution < 1.29 is 18.7 Å². The Morgan fingerprint density at radius 2 is 1.93 bits per heavy atom. The van der Waals surface area contributed by atoms with Crippen molar-refractivity contribution in [2.24, 2.45) is 7.05 Å². The summed E-state index contributed by atoms with van der Waals surface area (Å²) in [5.74, 6) is -0.174. The molecule has 1 atom stereocenters. The van der Waals surface area contributed by atoms with Gasteiger partial charge in [-0.15, -0.1) is 0 Å². The van der Waals surface area contributed by atoms with E-state index in [1.165, 1.54) is 12.1 Å². The molecule has 1 aromatic heterocycles. The van der Waals surface area contributed by atoms with E-state index in [0.717, 1.165) is 5.56 Å². The molecule has 0 radical (unpaired) electrons. The van der Waals surface area contributed by atoms with Crippen LogP contribution in [0.5, 0.6) is 5.75 Å². The van der Waals surface area contributed by atoms with Crippen molar-refractivity contribution in [2.75, 3.05) is 18.6 Å². The molecule has 0 saturated carbocycles. The fraction of sp³-hybridized carbons (Fsp3) is 0.227. The Morgan fingerprint density at radius 3 is 2.67 bits per heavy atom. The third kappa shape index (κ3) is 3.76. The molecule has 2 amide bonds. The second kappa shape index (κ2) is 7.98. The zero-order chi connectivity index (χ0) is 21.3. The molecule has 7 nitrogen and oxygen atoms in total. The van der Waals surface area contributed by atoms with Crippen LogP contribution in [-0.2, 0) is 11.8 Å². The Bertz CT molecular complexity index is 1090. The van der Waals surface area contributed by atoms with Crippen molar-refractivity contribution in [1.29, 1.82) is 0 Å². The van der Waals surface area contributed by atoms with Gasteiger partial charge in [-0.2, -0.15) is 5.10 Å². The largest absolute Gasteiger partial charge is 0.495 e. The lowest BCUT2D eigenvalue weighted by atomic mass is 10.1. The maximum absolute atomic E-state index is 13.2. The van der Waals surface area contributed by atoms with Crippen LogP contribution in [0.1, 0.15) is 16.9 Å². The van der Waals surface area contributed by atoms with Gasteiger partial charge in [0.05, 0.1) is 24.5 Å². The maximum atomic E-state index is 13.2. The van der Waals surface area contributed by atoms with E-state index in [4.69, 9.17) is 4.74 Å². The first-order chi connectivity index (χ1) is 14.5. The van der Waals surface area contributed by atoms with E-state index in [9.17, 15) is 14.0 Å². The topological polar surface area (TPSA) is 76.5 Å². The average Bonchev–Trinajstić information content (AvgIpc) is 3.31. The molecular weight excluding hydrogens is 387 g/mol. The van der Waals surface area contributed by atoms with Gasteiger partial charge < -0.3 is 15.0 Å². The number of nitrogens with one attached hydrogen (secondary N) is 1. The minimum absolute atomic E-state index is 0.0853. The van der Waals surface area contributed by atoms with Gasteiger partial charge in [0.2, 0.25) is 5.91 Å². The lowest BCUT2D eigenvalue weighted by Crippen LogP contribution is -2.37. The molecule has 0 spiro atoms. The number of ether oxygens (including phenoxy) is 1. The van der Waals surface area contributed by atoms with Crippen LogP contribution in [-0.4, -0.2) is 41.3 Å². The number of hydrogen-bond acceptors (Lipinski definition) is 4. The smallest absolute Gasteiger partial charge is 0.272 e. The predicted molar refractivity (Wildman–Crippen MR) is 110 cm³/mol. The average molecular weight is 408 g/mol. The molecule has 4 rings (SSSR count). The molecule has 1 saturated heterocycles. The summed E-state index contributed by atoms with van der Waals surface area (Å²) in [6, 6.07) is 14.6. The van der Waals surface area contributed by atoms with Crippen LogP contribution in [0.3, 0.4) is 0 Å². The van der Waals surface area contributed by atoms with Crippen molar-refractivity contribution >= 4 is 17.5 Å². The molecule has 1 aliphatic heterocycles. The third-order valence-electron chi connectivity index (χ3n) is 5.09. The van der Waals surface area contributed by atoms with Crippen molar-refractivity contribution in [3.63, 3.8) is 0 Å². The fourth-order valence-corrected chi connectivity index (χ4v) is 3.62. The van der Waals surface area contributed by atoms with E-state index in [0.29, 0.717) is 23.7 Å². The summed E-state index contributed by atoms with van der Waals surface area (Å²) < 4.78 is 20.1. The lowest BCUT2D eigenvalue weighted by molar-refractivity contribution is -0.117. The van der Waals surface area contributed by atoms with Crippen LogP contribution in [0.2, 0.25) is 0 Å². The molecule has 3 aromatic rings. The number of methoxy groups -OCH3 is 1. The molecule has 1 fully saturated rings. The summed E-state index contributed by atoms with van der Waals surface area (Å²) in [4.78, 5) is 26.9. The van der Waals surface area contributed by atoms with E-state index < -0.39 is 0 Å². The van der Waals surface area contributed by atoms with Gasteiger partial charge in [0.1, 0.15) is 11.6 Å². The molecule has 0 aliphatic carbocycles. The van der Waals surface area contributed by atoms with Gasteiger partial charge in [-0.25, -0.2) is 4.39 Å². The Hall–Kier alpha value is -3.68. The molecule has 0 bridgehead atoms. The Kier molecular flexibility index (Phi) is 5.22. The maximum Gasteiger partial charge on any atom is 0.272 e. The van der Waals surface area contributed by atoms with E-state index >= 15 is 0 Å². The van der Waals surface area contributed by atoms with Gasteiger partial charge in [-0.05, 0) is 48.0 Å². The van der Waals surface area contributed by atoms with E-state index in [1.54, 1.807) is 48.0 Å². The first-order valence-electron chi connectivity index (χ1n) is 9.50. The number of benzene rings is 2. The number of para-hydroxylation sites is 2. The second-order valence-electron chi connectivity index (χ2n) is 7.10. The standard InChI is InChI=1S/C22H21FN4O3/c1-26-19(14-7-9-15(23)10-8-14)12-17(25-26)22(29)24-16-11-21(28)27(13-16)18-5-3-4-6-20(18)30-2/h3-10,12,16H,11,13H2,1-2H3,(H,24,29). The highest BCUT2D eigenvalue weighted by atomic mass is 19.1. The highest BCUT2D eigenvalue weighted by Crippen LogP contribution is 2.31. The summed E-state index contributed by atoms with van der Waals surface area (Å²) in [7, 11) is 3.27. The number of hydrogen-bond donors (Lipinski definition) is 1. The van der Waals surface area contributed by atoms with Crippen molar-refractivity contribution in [2.45, 2.75) is 12.5 Å². The van der Waals surface area contributed by atoms with Gasteiger partial charge in [-0.1, -0.05) is 12.1 Å². The second-order valence-corrected chi connectivity index (χ2v) is 7.10. The Morgan fingerprint density at radius 1 is 1.20 bits per heavy atom. The minimum Gasteiger partial charge on any atom is -0.495 e. The number of rotatable bonds is 5. The molecule has 2 aromatic carbocycles. The van der Waals surface area contributed by atoms with Crippen molar-refractivity contribution in [3.05, 3.63) is 66.1 Å². The zero-order valence-corrected chi connectivity index (χ0v) is 16.6. The van der Waals surface area contributed by atoms with Gasteiger partial charge in [0, 0.05) is 20.0 Å². The SMILES string of the molecule is COc1ccccc1N1CC(NC(=O)c2cc(-c3ccc(F)cc3)n(C)n2)CC1=O. The molecule has 8 heteroatoms. The molecule has 1 N–H and O–H groups in total. The summed E-state index contributed by atoms with van der Waals surface area (Å²) in [6.07, 6.45) is 0.196. The number of nitrogens with zero attached hydrogens (tertiary/aromatic N) is 3. The quantitative estimate of drug-likeness (QED) is 0.704. The predicted octanol–water partition coefficient (Wildman–Crippen LogP) is 2.77. The highest BCUT2D eigenvalue weighted by Gasteiger charge is 2.33. The molecule has 1 aliphatic rings. The van der Waals surface area contributed by atoms with E-state index in [2.05, 4.69) is 10.4 Å². The number of carbonyl (C=O) groups excluding carboxylic acids is 2. The number of aryl methyl sites for hydroxylation is 1. The van der Waals surface area contributed by atoms with Crippen LogP contribution in [0.25, 0.3) is 11.3 Å². The van der Waals surface area contributed by atoms with E-state index in [-0.39, 0.29) is 35.8 Å². The van der Waals surface area contributed by atoms with E-state index in [1.807, 2.05) is 18.2 Å². The summed E-state index contributed by atoms with van der Waals surface area (Å²) in [6.45, 7) is 0.350. The van der Waals surface area contributed by atoms with Gasteiger partial charge >= 0.3 is 0 Å². The number of halogens is 1. The Balaban J connectivity index is 1.48. The molecule has 2 heterocycles. The minimum atomic E-state index is -0.362. The third-order valence-corrected chi connectivity index (χ3v) is 5.09. The first-order valence-corrected chi connectivity index (χ1v) is 9.50. The van der Waals surface area contributed by atoms with Gasteiger partial charge in [0.15, 0.2) is 5.69 Å². The Labute approximate surface area is 173 Å². The molecular formula is C22H21FN4O3. The van der Waals surface area contributed by atoms with Crippen LogP contribution in [0, 0.1) is 5.82 Å². The summed E-state index contributed by atoms with van der Waals surface area (Å²) >= 11 is 0. The fourth-order valence-electron chi connectivity index (χ4n) is 3.62. The molecule has 1 unspecified atom stereocenters. The van der Waals surface area contributed by atoms with Crippen molar-refractivity contribution in [3.8, 4) is 17.0 Å². The summed E-state index contributed by atoms with van der Waals surface area (Å²) in [5, 5.41) is 7.15. The normalized spacial score (nSPS) is 16.0.